The van der Waals surface area contributed by atoms with E-state index in [9.17, 15) is 13.2 Å². The van der Waals surface area contributed by atoms with Gasteiger partial charge in [0.25, 0.3) is 0 Å². The molecule has 9 nitrogen and oxygen atoms in total. The number of nitrogens with two attached hydrogens (primary N) is 1. The number of aryl methyl sites for hydroxylation is 1. The summed E-state index contributed by atoms with van der Waals surface area (Å²) in [5, 5.41) is 3.67. The fraction of sp³-hybridized carbons (Fsp3) is 0.581. The van der Waals surface area contributed by atoms with Crippen LogP contribution in [0.1, 0.15) is 43.9 Å². The molecule has 0 spiro atoms. The molecule has 3 N–H and O–H groups in total. The van der Waals surface area contributed by atoms with E-state index in [1.807, 2.05) is 4.90 Å². The zero-order valence-corrected chi connectivity index (χ0v) is 25.2. The minimum absolute atomic E-state index is 0.0627. The molecular formula is C31H36F5N7O2. The van der Waals surface area contributed by atoms with Crippen molar-refractivity contribution >= 4 is 22.5 Å². The van der Waals surface area contributed by atoms with Gasteiger partial charge in [-0.3, -0.25) is 4.90 Å². The highest BCUT2D eigenvalue weighted by Gasteiger charge is 2.46. The van der Waals surface area contributed by atoms with Crippen LogP contribution in [0, 0.1) is 24.0 Å². The predicted octanol–water partition coefficient (Wildman–Crippen LogP) is 4.70. The highest BCUT2D eigenvalue weighted by atomic mass is 19.4. The summed E-state index contributed by atoms with van der Waals surface area (Å²) < 4.78 is 86.6. The number of hydrogen-bond donors (Lipinski definition) is 2. The number of anilines is 2. The number of nitrogens with zero attached hydrogens (tertiary/aromatic N) is 5. The van der Waals surface area contributed by atoms with Crippen LogP contribution in [0.25, 0.3) is 22.0 Å². The summed E-state index contributed by atoms with van der Waals surface area (Å²) >= 11 is 0. The Hall–Kier alpha value is -3.36. The van der Waals surface area contributed by atoms with Gasteiger partial charge in [0.2, 0.25) is 0 Å². The first kappa shape index (κ1) is 30.3. The lowest BCUT2D eigenvalue weighted by Crippen LogP contribution is -2.58. The number of rotatable bonds is 7. The fourth-order valence-corrected chi connectivity index (χ4v) is 7.25. The van der Waals surface area contributed by atoms with E-state index in [0.717, 1.165) is 64.4 Å². The number of nitrogen functional groups attached to an aromatic ring is 1. The lowest BCUT2D eigenvalue weighted by molar-refractivity contribution is -0.137. The zero-order valence-electron chi connectivity index (χ0n) is 25.2. The van der Waals surface area contributed by atoms with E-state index < -0.39 is 40.2 Å². The quantitative estimate of drug-likeness (QED) is 0.359. The third kappa shape index (κ3) is 5.76. The number of alkyl halides is 3. The standard InChI is InChI=1S/C31H36F5N7O2/c1-17-24(31(34,35)36)19(12-22(37)38-17)23-21(32)11-20-26(25(23)33)39-28(40-27(20)43-13-18-3-4-29(2,14-43)41-18)45-16-30(5-6-30)15-42-7-9-44-10-8-42/h11-12,18,41H,3-10,13-16H2,1-2H3,(H2,37,38)/t18?,29-/m0/s1. The first-order chi connectivity index (χ1) is 21.3. The minimum Gasteiger partial charge on any atom is -0.463 e. The number of halogens is 5. The smallest absolute Gasteiger partial charge is 0.418 e. The van der Waals surface area contributed by atoms with Crippen molar-refractivity contribution in [3.05, 3.63) is 35.0 Å². The second kappa shape index (κ2) is 10.9. The summed E-state index contributed by atoms with van der Waals surface area (Å²) in [4.78, 5) is 17.1. The van der Waals surface area contributed by atoms with E-state index >= 15 is 8.78 Å². The molecule has 242 valence electrons. The maximum Gasteiger partial charge on any atom is 0.418 e. The predicted molar refractivity (Wildman–Crippen MR) is 158 cm³/mol. The van der Waals surface area contributed by atoms with Crippen LogP contribution in [-0.4, -0.2) is 84.0 Å². The van der Waals surface area contributed by atoms with Gasteiger partial charge < -0.3 is 25.4 Å². The van der Waals surface area contributed by atoms with Crippen LogP contribution in [0.4, 0.5) is 33.6 Å². The van der Waals surface area contributed by atoms with Gasteiger partial charge in [-0.25, -0.2) is 13.8 Å². The van der Waals surface area contributed by atoms with Gasteiger partial charge in [-0.2, -0.15) is 23.1 Å². The summed E-state index contributed by atoms with van der Waals surface area (Å²) in [5.74, 6) is -2.42. The van der Waals surface area contributed by atoms with Gasteiger partial charge in [0.1, 0.15) is 23.0 Å². The molecule has 5 heterocycles. The van der Waals surface area contributed by atoms with E-state index in [1.165, 1.54) is 0 Å². The SMILES string of the molecule is Cc1nc(N)cc(-c2c(F)cc3c(N4CC5CC[C@@](C)(C4)N5)nc(OCC4(CN5CCOCC5)CC4)nc3c2F)c1C(F)(F)F. The van der Waals surface area contributed by atoms with Crippen molar-refractivity contribution in [1.29, 1.82) is 0 Å². The van der Waals surface area contributed by atoms with Gasteiger partial charge in [-0.05, 0) is 51.7 Å². The Labute approximate surface area is 257 Å². The second-order valence-corrected chi connectivity index (χ2v) is 13.3. The van der Waals surface area contributed by atoms with Crippen molar-refractivity contribution in [2.75, 3.05) is 63.2 Å². The molecule has 0 amide bonds. The molecule has 4 aliphatic rings. The van der Waals surface area contributed by atoms with Gasteiger partial charge in [0.15, 0.2) is 5.82 Å². The van der Waals surface area contributed by atoms with Crippen LogP contribution in [0.15, 0.2) is 12.1 Å². The van der Waals surface area contributed by atoms with Gasteiger partial charge in [0.05, 0.1) is 36.6 Å². The molecule has 3 aliphatic heterocycles. The molecule has 1 unspecified atom stereocenters. The van der Waals surface area contributed by atoms with E-state index in [1.54, 1.807) is 0 Å². The number of aromatic nitrogens is 3. The Morgan fingerprint density at radius 3 is 2.56 bits per heavy atom. The van der Waals surface area contributed by atoms with Crippen LogP contribution >= 0.6 is 0 Å². The monoisotopic (exact) mass is 633 g/mol. The number of morpholine rings is 1. The van der Waals surface area contributed by atoms with Crippen LogP contribution in [0.2, 0.25) is 0 Å². The third-order valence-corrected chi connectivity index (χ3v) is 9.62. The van der Waals surface area contributed by atoms with Crippen LogP contribution in [0.3, 0.4) is 0 Å². The number of fused-ring (bicyclic) bond motifs is 3. The lowest BCUT2D eigenvalue weighted by Gasteiger charge is -2.40. The highest BCUT2D eigenvalue weighted by molar-refractivity contribution is 5.94. The second-order valence-electron chi connectivity index (χ2n) is 13.3. The summed E-state index contributed by atoms with van der Waals surface area (Å²) in [6.45, 7) is 8.41. The number of piperazine rings is 1. The third-order valence-electron chi connectivity index (χ3n) is 9.62. The van der Waals surface area contributed by atoms with Crippen LogP contribution < -0.4 is 20.7 Å². The molecule has 3 aromatic rings. The van der Waals surface area contributed by atoms with Crippen molar-refractivity contribution in [2.45, 2.75) is 57.3 Å². The van der Waals surface area contributed by atoms with E-state index in [2.05, 4.69) is 32.1 Å². The molecule has 2 atom stereocenters. The largest absolute Gasteiger partial charge is 0.463 e. The number of nitrogens with one attached hydrogen (secondary N) is 1. The van der Waals surface area contributed by atoms with Gasteiger partial charge in [-0.15, -0.1) is 0 Å². The normalized spacial score (nSPS) is 24.8. The summed E-state index contributed by atoms with van der Waals surface area (Å²) in [7, 11) is 0. The molecule has 0 radical (unpaired) electrons. The van der Waals surface area contributed by atoms with E-state index in [0.29, 0.717) is 38.7 Å². The Balaban J connectivity index is 1.33. The zero-order chi connectivity index (χ0) is 31.7. The maximum atomic E-state index is 16.5. The fourth-order valence-electron chi connectivity index (χ4n) is 7.25. The number of pyridine rings is 1. The first-order valence-electron chi connectivity index (χ1n) is 15.3. The van der Waals surface area contributed by atoms with Crippen molar-refractivity contribution in [3.8, 4) is 17.1 Å². The van der Waals surface area contributed by atoms with Crippen molar-refractivity contribution < 1.29 is 31.4 Å². The molecule has 7 rings (SSSR count). The Bertz CT molecular complexity index is 1640. The average molecular weight is 634 g/mol. The van der Waals surface area contributed by atoms with Gasteiger partial charge in [-0.1, -0.05) is 0 Å². The summed E-state index contributed by atoms with van der Waals surface area (Å²) in [6.07, 6.45) is -1.15. The lowest BCUT2D eigenvalue weighted by atomic mass is 9.95. The summed E-state index contributed by atoms with van der Waals surface area (Å²) in [5.41, 5.74) is 1.78. The molecule has 1 saturated carbocycles. The Morgan fingerprint density at radius 2 is 1.87 bits per heavy atom. The Kier molecular flexibility index (Phi) is 7.32. The molecule has 1 aliphatic carbocycles. The van der Waals surface area contributed by atoms with E-state index in [-0.39, 0.29) is 39.7 Å². The van der Waals surface area contributed by atoms with Crippen molar-refractivity contribution in [2.24, 2.45) is 5.41 Å². The van der Waals surface area contributed by atoms with Crippen molar-refractivity contribution in [1.82, 2.24) is 25.2 Å². The van der Waals surface area contributed by atoms with Crippen LogP contribution in [0.5, 0.6) is 6.01 Å². The molecule has 2 aromatic heterocycles. The van der Waals surface area contributed by atoms with Crippen molar-refractivity contribution in [3.63, 3.8) is 0 Å². The maximum absolute atomic E-state index is 16.5. The average Bonchev–Trinajstić information content (AvgIpc) is 3.67. The molecule has 3 saturated heterocycles. The molecular weight excluding hydrogens is 597 g/mol. The van der Waals surface area contributed by atoms with Gasteiger partial charge in [0, 0.05) is 60.7 Å². The molecule has 45 heavy (non-hydrogen) atoms. The molecule has 4 fully saturated rings. The highest BCUT2D eigenvalue weighted by Crippen LogP contribution is 2.47. The van der Waals surface area contributed by atoms with E-state index in [4.69, 9.17) is 15.2 Å². The molecule has 1 aromatic carbocycles. The Morgan fingerprint density at radius 1 is 1.11 bits per heavy atom. The molecule has 14 heteroatoms. The first-order valence-corrected chi connectivity index (χ1v) is 15.3. The molecule has 2 bridgehead atoms. The number of ether oxygens (including phenoxy) is 2. The minimum atomic E-state index is -4.94. The van der Waals surface area contributed by atoms with Crippen LogP contribution in [-0.2, 0) is 10.9 Å². The number of benzene rings is 1. The van der Waals surface area contributed by atoms with Gasteiger partial charge >= 0.3 is 12.2 Å². The summed E-state index contributed by atoms with van der Waals surface area (Å²) in [6, 6.07) is 1.93. The topological polar surface area (TPSA) is 102 Å². The number of hydrogen-bond acceptors (Lipinski definition) is 9.